The molecule has 0 saturated heterocycles. The second kappa shape index (κ2) is 8.07. The smallest absolute Gasteiger partial charge is 0.162 e. The largest absolute Gasteiger partial charge is 0.299 e. The lowest BCUT2D eigenvalue weighted by molar-refractivity contribution is -0.118. The van der Waals surface area contributed by atoms with Crippen LogP contribution >= 0.6 is 0 Å². The van der Waals surface area contributed by atoms with Crippen molar-refractivity contribution < 1.29 is 4.79 Å². The van der Waals surface area contributed by atoms with Gasteiger partial charge in [-0.15, -0.1) is 10.2 Å². The molecule has 1 atom stereocenters. The van der Waals surface area contributed by atoms with Crippen LogP contribution in [0.2, 0.25) is 0 Å². The number of hydrogen-bond acceptors (Lipinski definition) is 5. The summed E-state index contributed by atoms with van der Waals surface area (Å²) in [6, 6.07) is 21.5. The zero-order valence-electron chi connectivity index (χ0n) is 17.1. The van der Waals surface area contributed by atoms with E-state index in [1.165, 1.54) is 0 Å². The molecule has 0 aliphatic carbocycles. The number of carbonyl (C=O) groups is 1. The maximum absolute atomic E-state index is 13.0. The molecule has 0 amide bonds. The second-order valence-corrected chi connectivity index (χ2v) is 7.59. The summed E-state index contributed by atoms with van der Waals surface area (Å²) in [5.41, 5.74) is 4.80. The van der Waals surface area contributed by atoms with Gasteiger partial charge in [0.2, 0.25) is 0 Å². The predicted octanol–water partition coefficient (Wildman–Crippen LogP) is 4.06. The maximum Gasteiger partial charge on any atom is 0.162 e. The average Bonchev–Trinajstić information content (AvgIpc) is 3.12. The lowest BCUT2D eigenvalue weighted by Crippen LogP contribution is -2.12. The highest BCUT2D eigenvalue weighted by atomic mass is 16.1. The number of ketones is 1. The van der Waals surface area contributed by atoms with Gasteiger partial charge in [0, 0.05) is 36.4 Å². The molecular weight excluding hydrogens is 386 g/mol. The quantitative estimate of drug-likeness (QED) is 0.500. The Balaban J connectivity index is 1.60. The van der Waals surface area contributed by atoms with Gasteiger partial charge in [0.05, 0.1) is 11.4 Å². The third-order valence-corrected chi connectivity index (χ3v) is 5.45. The number of rotatable bonds is 5. The van der Waals surface area contributed by atoms with Gasteiger partial charge < -0.3 is 0 Å². The Kier molecular flexibility index (Phi) is 4.96. The van der Waals surface area contributed by atoms with Gasteiger partial charge in [-0.3, -0.25) is 19.3 Å². The normalized spacial score (nSPS) is 14.9. The fourth-order valence-corrected chi connectivity index (χ4v) is 4.02. The standard InChI is InChI=1S/C25H21N5O/c1-17-28-29-25-22(16-20(31)15-18-11-13-26-14-12-18)27-24(19-7-3-2-4-8-19)21-9-5-6-10-23(21)30(17)25/h2-14,22H,15-16H2,1H3. The molecule has 152 valence electrons. The minimum atomic E-state index is -0.418. The van der Waals surface area contributed by atoms with Crippen LogP contribution in [0.15, 0.2) is 84.1 Å². The highest BCUT2D eigenvalue weighted by molar-refractivity contribution is 6.15. The Hall–Kier alpha value is -3.93. The number of aromatic nitrogens is 4. The molecule has 1 aliphatic heterocycles. The molecule has 6 nitrogen and oxygen atoms in total. The van der Waals surface area contributed by atoms with Gasteiger partial charge in [-0.05, 0) is 30.7 Å². The minimum Gasteiger partial charge on any atom is -0.299 e. The molecule has 0 radical (unpaired) electrons. The molecule has 3 heterocycles. The average molecular weight is 407 g/mol. The monoisotopic (exact) mass is 407 g/mol. The van der Waals surface area contributed by atoms with Crippen molar-refractivity contribution in [3.8, 4) is 5.69 Å². The summed E-state index contributed by atoms with van der Waals surface area (Å²) in [5, 5.41) is 8.73. The fourth-order valence-electron chi connectivity index (χ4n) is 4.02. The molecule has 2 aromatic heterocycles. The van der Waals surface area contributed by atoms with Gasteiger partial charge in [0.25, 0.3) is 0 Å². The SMILES string of the molecule is Cc1nnc2n1-c1ccccc1C(c1ccccc1)=NC2CC(=O)Cc1ccncc1. The van der Waals surface area contributed by atoms with E-state index in [1.807, 2.05) is 66.1 Å². The number of hydrogen-bond donors (Lipinski definition) is 0. The zero-order valence-corrected chi connectivity index (χ0v) is 17.1. The fraction of sp³-hybridized carbons (Fsp3) is 0.160. The van der Waals surface area contributed by atoms with Gasteiger partial charge in [0.15, 0.2) is 5.82 Å². The van der Waals surface area contributed by atoms with Gasteiger partial charge in [-0.1, -0.05) is 48.5 Å². The first kappa shape index (κ1) is 19.1. The van der Waals surface area contributed by atoms with Crippen LogP contribution in [-0.2, 0) is 11.2 Å². The van der Waals surface area contributed by atoms with Gasteiger partial charge in [-0.2, -0.15) is 0 Å². The van der Waals surface area contributed by atoms with Gasteiger partial charge in [0.1, 0.15) is 17.6 Å². The third-order valence-electron chi connectivity index (χ3n) is 5.45. The van der Waals surface area contributed by atoms with E-state index in [0.717, 1.165) is 33.9 Å². The van der Waals surface area contributed by atoms with Crippen LogP contribution in [0, 0.1) is 6.92 Å². The number of aliphatic imine (C=N–C) groups is 1. The number of carbonyl (C=O) groups excluding carboxylic acids is 1. The van der Waals surface area contributed by atoms with E-state index in [1.54, 1.807) is 12.4 Å². The van der Waals surface area contributed by atoms with Crippen LogP contribution in [0.4, 0.5) is 0 Å². The first-order valence-corrected chi connectivity index (χ1v) is 10.3. The maximum atomic E-state index is 13.0. The molecule has 2 aromatic carbocycles. The van der Waals surface area contributed by atoms with Crippen molar-refractivity contribution in [3.05, 3.63) is 107 Å². The molecule has 5 rings (SSSR count). The molecule has 0 spiro atoms. The number of fused-ring (bicyclic) bond motifs is 3. The summed E-state index contributed by atoms with van der Waals surface area (Å²) in [7, 11) is 0. The molecule has 0 fully saturated rings. The number of nitrogens with zero attached hydrogens (tertiary/aromatic N) is 5. The molecular formula is C25H21N5O. The van der Waals surface area contributed by atoms with E-state index >= 15 is 0 Å². The second-order valence-electron chi connectivity index (χ2n) is 7.59. The lowest BCUT2D eigenvalue weighted by Gasteiger charge is -2.12. The predicted molar refractivity (Wildman–Crippen MR) is 118 cm³/mol. The van der Waals surface area contributed by atoms with Gasteiger partial charge >= 0.3 is 0 Å². The van der Waals surface area contributed by atoms with Crippen LogP contribution in [-0.4, -0.2) is 31.2 Å². The molecule has 0 bridgehead atoms. The summed E-state index contributed by atoms with van der Waals surface area (Å²) in [6.45, 7) is 1.93. The molecule has 0 saturated carbocycles. The Morgan fingerprint density at radius 2 is 1.68 bits per heavy atom. The Labute approximate surface area is 180 Å². The summed E-state index contributed by atoms with van der Waals surface area (Å²) in [6.07, 6.45) is 4.01. The van der Waals surface area contributed by atoms with Crippen LogP contribution in [0.1, 0.15) is 40.8 Å². The van der Waals surface area contributed by atoms with Crippen LogP contribution in [0.3, 0.4) is 0 Å². The molecule has 0 N–H and O–H groups in total. The zero-order chi connectivity index (χ0) is 21.2. The first-order chi connectivity index (χ1) is 15.2. The molecule has 6 heteroatoms. The van der Waals surface area contributed by atoms with Crippen molar-refractivity contribution in [1.29, 1.82) is 0 Å². The van der Waals surface area contributed by atoms with E-state index < -0.39 is 6.04 Å². The number of Topliss-reactive ketones (excluding diaryl/α,β-unsaturated/α-hetero) is 1. The van der Waals surface area contributed by atoms with E-state index in [4.69, 9.17) is 4.99 Å². The van der Waals surface area contributed by atoms with Crippen molar-refractivity contribution in [2.75, 3.05) is 0 Å². The molecule has 1 unspecified atom stereocenters. The van der Waals surface area contributed by atoms with E-state index in [9.17, 15) is 4.79 Å². The Bertz CT molecular complexity index is 1260. The first-order valence-electron chi connectivity index (χ1n) is 10.3. The van der Waals surface area contributed by atoms with Crippen molar-refractivity contribution in [3.63, 3.8) is 0 Å². The summed E-state index contributed by atoms with van der Waals surface area (Å²) in [4.78, 5) is 22.1. The van der Waals surface area contributed by atoms with Crippen LogP contribution in [0.5, 0.6) is 0 Å². The van der Waals surface area contributed by atoms with Gasteiger partial charge in [-0.25, -0.2) is 0 Å². The van der Waals surface area contributed by atoms with Crippen molar-refractivity contribution in [1.82, 2.24) is 19.7 Å². The summed E-state index contributed by atoms with van der Waals surface area (Å²) in [5.74, 6) is 1.57. The summed E-state index contributed by atoms with van der Waals surface area (Å²) < 4.78 is 2.03. The van der Waals surface area contributed by atoms with E-state index in [0.29, 0.717) is 12.2 Å². The number of benzene rings is 2. The number of aryl methyl sites for hydroxylation is 1. The molecule has 1 aliphatic rings. The lowest BCUT2D eigenvalue weighted by atomic mass is 10.00. The Morgan fingerprint density at radius 1 is 0.935 bits per heavy atom. The Morgan fingerprint density at radius 3 is 2.48 bits per heavy atom. The molecule has 31 heavy (non-hydrogen) atoms. The van der Waals surface area contributed by atoms with E-state index in [-0.39, 0.29) is 12.2 Å². The highest BCUT2D eigenvalue weighted by Crippen LogP contribution is 2.32. The van der Waals surface area contributed by atoms with Crippen molar-refractivity contribution >= 4 is 11.5 Å². The topological polar surface area (TPSA) is 73.0 Å². The highest BCUT2D eigenvalue weighted by Gasteiger charge is 2.29. The van der Waals surface area contributed by atoms with Crippen molar-refractivity contribution in [2.24, 2.45) is 4.99 Å². The minimum absolute atomic E-state index is 0.102. The van der Waals surface area contributed by atoms with Crippen LogP contribution in [0.25, 0.3) is 5.69 Å². The van der Waals surface area contributed by atoms with Crippen molar-refractivity contribution in [2.45, 2.75) is 25.8 Å². The summed E-state index contributed by atoms with van der Waals surface area (Å²) >= 11 is 0. The van der Waals surface area contributed by atoms with E-state index in [2.05, 4.69) is 27.3 Å². The number of para-hydroxylation sites is 1. The van der Waals surface area contributed by atoms with Crippen LogP contribution < -0.4 is 0 Å². The third kappa shape index (κ3) is 3.68. The molecule has 4 aromatic rings. The number of pyridine rings is 1.